The number of nitrogens with zero attached hydrogens (tertiary/aromatic N) is 3. The molecule has 17 heavy (non-hydrogen) atoms. The zero-order valence-electron chi connectivity index (χ0n) is 11.5. The predicted octanol–water partition coefficient (Wildman–Crippen LogP) is 0.126. The SMILES string of the molecule is CO[C@@]1(C[N+]2=CCN(C)CC2)CCCN(C)C1. The largest absolute Gasteiger partial charge is 0.370 e. The first kappa shape index (κ1) is 13.0. The molecule has 0 amide bonds. The minimum Gasteiger partial charge on any atom is -0.370 e. The highest BCUT2D eigenvalue weighted by molar-refractivity contribution is 5.54. The number of piperidine rings is 1. The highest BCUT2D eigenvalue weighted by atomic mass is 16.5. The van der Waals surface area contributed by atoms with Crippen LogP contribution >= 0.6 is 0 Å². The number of likely N-dealkylation sites (tertiary alicyclic amines) is 1. The molecule has 2 heterocycles. The number of methoxy groups -OCH3 is 1. The van der Waals surface area contributed by atoms with Crippen LogP contribution in [0.5, 0.6) is 0 Å². The van der Waals surface area contributed by atoms with Gasteiger partial charge in [-0.25, -0.2) is 4.58 Å². The third-order valence-electron chi connectivity index (χ3n) is 4.08. The Bertz CT molecular complexity index is 292. The molecule has 0 aromatic carbocycles. The van der Waals surface area contributed by atoms with Crippen LogP contribution in [0.3, 0.4) is 0 Å². The average Bonchev–Trinajstić information content (AvgIpc) is 2.32. The van der Waals surface area contributed by atoms with E-state index in [1.165, 1.54) is 19.4 Å². The summed E-state index contributed by atoms with van der Waals surface area (Å²) in [6, 6.07) is 0. The summed E-state index contributed by atoms with van der Waals surface area (Å²) in [6.07, 6.45) is 4.75. The molecular weight excluding hydrogens is 214 g/mol. The van der Waals surface area contributed by atoms with Crippen molar-refractivity contribution >= 4 is 6.21 Å². The Balaban J connectivity index is 1.99. The summed E-state index contributed by atoms with van der Waals surface area (Å²) in [6.45, 7) is 6.66. The van der Waals surface area contributed by atoms with Gasteiger partial charge in [0.15, 0.2) is 19.3 Å². The van der Waals surface area contributed by atoms with Crippen molar-refractivity contribution in [3.63, 3.8) is 0 Å². The molecule has 2 aliphatic rings. The van der Waals surface area contributed by atoms with Gasteiger partial charge in [-0.15, -0.1) is 0 Å². The molecule has 0 aromatic heterocycles. The number of likely N-dealkylation sites (N-methyl/N-ethyl adjacent to an activating group) is 2. The molecule has 4 nitrogen and oxygen atoms in total. The maximum atomic E-state index is 5.86. The van der Waals surface area contributed by atoms with Crippen molar-refractivity contribution in [2.24, 2.45) is 0 Å². The first-order valence-corrected chi connectivity index (χ1v) is 6.63. The van der Waals surface area contributed by atoms with Gasteiger partial charge < -0.3 is 9.64 Å². The van der Waals surface area contributed by atoms with Gasteiger partial charge in [0.25, 0.3) is 0 Å². The fourth-order valence-electron chi connectivity index (χ4n) is 2.93. The van der Waals surface area contributed by atoms with Crippen molar-refractivity contribution in [3.8, 4) is 0 Å². The normalized spacial score (nSPS) is 32.5. The first-order valence-electron chi connectivity index (χ1n) is 6.63. The summed E-state index contributed by atoms with van der Waals surface area (Å²) in [4.78, 5) is 4.74. The third-order valence-corrected chi connectivity index (χ3v) is 4.08. The van der Waals surface area contributed by atoms with Gasteiger partial charge in [0.05, 0.1) is 13.1 Å². The molecular formula is C13H26N3O+. The van der Waals surface area contributed by atoms with E-state index >= 15 is 0 Å². The Morgan fingerprint density at radius 1 is 1.29 bits per heavy atom. The summed E-state index contributed by atoms with van der Waals surface area (Å²) in [5.74, 6) is 0. The number of hydrogen-bond donors (Lipinski definition) is 0. The van der Waals surface area contributed by atoms with Crippen molar-refractivity contribution < 1.29 is 9.31 Å². The second kappa shape index (κ2) is 5.46. The average molecular weight is 240 g/mol. The van der Waals surface area contributed by atoms with Gasteiger partial charge in [-0.2, -0.15) is 0 Å². The van der Waals surface area contributed by atoms with E-state index in [0.29, 0.717) is 0 Å². The molecule has 0 aliphatic carbocycles. The Morgan fingerprint density at radius 3 is 2.71 bits per heavy atom. The molecule has 0 saturated carbocycles. The fourth-order valence-corrected chi connectivity index (χ4v) is 2.93. The van der Waals surface area contributed by atoms with Crippen LogP contribution in [0.25, 0.3) is 0 Å². The Hall–Kier alpha value is -0.450. The van der Waals surface area contributed by atoms with Crippen LogP contribution in [0.1, 0.15) is 12.8 Å². The molecule has 1 saturated heterocycles. The molecule has 1 atom stereocenters. The molecule has 0 aromatic rings. The molecule has 0 unspecified atom stereocenters. The van der Waals surface area contributed by atoms with Crippen molar-refractivity contribution in [1.82, 2.24) is 9.80 Å². The molecule has 0 spiro atoms. The molecule has 0 N–H and O–H groups in total. The Morgan fingerprint density at radius 2 is 2.12 bits per heavy atom. The van der Waals surface area contributed by atoms with Crippen molar-refractivity contribution in [2.75, 3.05) is 60.5 Å². The van der Waals surface area contributed by atoms with E-state index in [9.17, 15) is 0 Å². The maximum Gasteiger partial charge on any atom is 0.172 e. The quantitative estimate of drug-likeness (QED) is 0.653. The first-order chi connectivity index (χ1) is 8.13. The van der Waals surface area contributed by atoms with Crippen molar-refractivity contribution in [1.29, 1.82) is 0 Å². The van der Waals surface area contributed by atoms with Gasteiger partial charge in [0.1, 0.15) is 5.60 Å². The van der Waals surface area contributed by atoms with Gasteiger partial charge in [0, 0.05) is 13.7 Å². The van der Waals surface area contributed by atoms with E-state index < -0.39 is 0 Å². The lowest BCUT2D eigenvalue weighted by molar-refractivity contribution is -0.547. The summed E-state index contributed by atoms with van der Waals surface area (Å²) in [5.41, 5.74) is 0.0411. The lowest BCUT2D eigenvalue weighted by Gasteiger charge is -2.39. The molecule has 1 fully saturated rings. The number of ether oxygens (including phenoxy) is 1. The summed E-state index contributed by atoms with van der Waals surface area (Å²) >= 11 is 0. The topological polar surface area (TPSA) is 18.7 Å². The van der Waals surface area contributed by atoms with Crippen LogP contribution in [0.4, 0.5) is 0 Å². The molecule has 2 aliphatic heterocycles. The van der Waals surface area contributed by atoms with Crippen LogP contribution in [0, 0.1) is 0 Å². The van der Waals surface area contributed by atoms with E-state index in [1.54, 1.807) is 0 Å². The standard InChI is InChI=1S/C13H26N3O/c1-14-7-9-16(10-8-14)12-13(17-3)5-4-6-15(2)11-13/h9H,4-8,10-12H2,1-3H3/q+1/t13-/m0/s1. The molecule has 0 radical (unpaired) electrons. The minimum absolute atomic E-state index is 0.0411. The predicted molar refractivity (Wildman–Crippen MR) is 70.0 cm³/mol. The monoisotopic (exact) mass is 240 g/mol. The smallest absolute Gasteiger partial charge is 0.172 e. The molecule has 98 valence electrons. The zero-order chi connectivity index (χ0) is 12.3. The van der Waals surface area contributed by atoms with Crippen LogP contribution in [-0.4, -0.2) is 86.7 Å². The molecule has 4 heteroatoms. The molecule has 0 bridgehead atoms. The van der Waals surface area contributed by atoms with Gasteiger partial charge in [-0.1, -0.05) is 0 Å². The number of hydrogen-bond acceptors (Lipinski definition) is 3. The van der Waals surface area contributed by atoms with Crippen LogP contribution in [-0.2, 0) is 4.74 Å². The lowest BCUT2D eigenvalue weighted by atomic mass is 9.92. The highest BCUT2D eigenvalue weighted by Crippen LogP contribution is 2.24. The minimum atomic E-state index is 0.0411. The molecule has 2 rings (SSSR count). The maximum absolute atomic E-state index is 5.86. The van der Waals surface area contributed by atoms with E-state index in [4.69, 9.17) is 4.74 Å². The lowest BCUT2D eigenvalue weighted by Crippen LogP contribution is -2.54. The zero-order valence-corrected chi connectivity index (χ0v) is 11.5. The second-order valence-electron chi connectivity index (χ2n) is 5.64. The van der Waals surface area contributed by atoms with Gasteiger partial charge in [0.2, 0.25) is 0 Å². The van der Waals surface area contributed by atoms with E-state index in [-0.39, 0.29) is 5.60 Å². The van der Waals surface area contributed by atoms with Crippen molar-refractivity contribution in [2.45, 2.75) is 18.4 Å². The third kappa shape index (κ3) is 3.27. The Labute approximate surface area is 105 Å². The summed E-state index contributed by atoms with van der Waals surface area (Å²) in [7, 11) is 6.24. The highest BCUT2D eigenvalue weighted by Gasteiger charge is 2.39. The van der Waals surface area contributed by atoms with Gasteiger partial charge in [-0.3, -0.25) is 4.90 Å². The van der Waals surface area contributed by atoms with Crippen LogP contribution < -0.4 is 0 Å². The van der Waals surface area contributed by atoms with E-state index in [1.807, 2.05) is 7.11 Å². The van der Waals surface area contributed by atoms with E-state index in [0.717, 1.165) is 32.7 Å². The second-order valence-corrected chi connectivity index (χ2v) is 5.64. The fraction of sp³-hybridized carbons (Fsp3) is 0.923. The summed E-state index contributed by atoms with van der Waals surface area (Å²) < 4.78 is 8.31. The summed E-state index contributed by atoms with van der Waals surface area (Å²) in [5, 5.41) is 0. The van der Waals surface area contributed by atoms with Gasteiger partial charge >= 0.3 is 0 Å². The van der Waals surface area contributed by atoms with Crippen LogP contribution in [0.2, 0.25) is 0 Å². The van der Waals surface area contributed by atoms with Crippen molar-refractivity contribution in [3.05, 3.63) is 0 Å². The van der Waals surface area contributed by atoms with Gasteiger partial charge in [-0.05, 0) is 33.5 Å². The number of rotatable bonds is 3. The van der Waals surface area contributed by atoms with E-state index in [2.05, 4.69) is 34.7 Å². The Kier molecular flexibility index (Phi) is 4.17. The van der Waals surface area contributed by atoms with Crippen LogP contribution in [0.15, 0.2) is 0 Å².